The summed E-state index contributed by atoms with van der Waals surface area (Å²) in [7, 11) is 1.63. The van der Waals surface area contributed by atoms with Crippen molar-refractivity contribution in [2.45, 2.75) is 25.4 Å². The topological polar surface area (TPSA) is 67.6 Å². The van der Waals surface area contributed by atoms with E-state index in [4.69, 9.17) is 10.5 Å². The number of hydrogen-bond acceptors (Lipinski definition) is 4. The van der Waals surface area contributed by atoms with Gasteiger partial charge in [0, 0.05) is 18.8 Å². The number of nitrogens with two attached hydrogens (primary N) is 1. The molecule has 0 aliphatic carbocycles. The fourth-order valence-corrected chi connectivity index (χ4v) is 2.41. The molecule has 1 aromatic rings. The van der Waals surface area contributed by atoms with Crippen molar-refractivity contribution in [3.63, 3.8) is 0 Å². The van der Waals surface area contributed by atoms with E-state index in [1.165, 1.54) is 0 Å². The van der Waals surface area contributed by atoms with Crippen LogP contribution in [0.3, 0.4) is 0 Å². The molecule has 1 aliphatic heterocycles. The van der Waals surface area contributed by atoms with Crippen LogP contribution in [-0.2, 0) is 4.79 Å². The van der Waals surface area contributed by atoms with Crippen molar-refractivity contribution >= 4 is 11.6 Å². The Balaban J connectivity index is 2.30. The highest BCUT2D eigenvalue weighted by Gasteiger charge is 2.37. The third-order valence-electron chi connectivity index (χ3n) is 3.33. The Hall–Kier alpha value is -1.75. The van der Waals surface area contributed by atoms with Crippen LogP contribution >= 0.6 is 0 Å². The van der Waals surface area contributed by atoms with Crippen molar-refractivity contribution < 1.29 is 9.53 Å². The van der Waals surface area contributed by atoms with Gasteiger partial charge in [-0.3, -0.25) is 4.79 Å². The van der Waals surface area contributed by atoms with Crippen LogP contribution in [-0.4, -0.2) is 37.7 Å². The Bertz CT molecular complexity index is 456. The fraction of sp³-hybridized carbons (Fsp3) is 0.500. The lowest BCUT2D eigenvalue weighted by atomic mass is 9.97. The van der Waals surface area contributed by atoms with Gasteiger partial charge >= 0.3 is 0 Å². The van der Waals surface area contributed by atoms with E-state index in [1.807, 2.05) is 38.1 Å². The molecule has 2 rings (SSSR count). The van der Waals surface area contributed by atoms with Crippen LogP contribution in [0.5, 0.6) is 5.75 Å². The second-order valence-corrected chi connectivity index (χ2v) is 5.45. The van der Waals surface area contributed by atoms with Crippen LogP contribution in [0.1, 0.15) is 13.8 Å². The first kappa shape index (κ1) is 13.7. The smallest absolute Gasteiger partial charge is 0.244 e. The number of hydrogen-bond donors (Lipinski definition) is 2. The van der Waals surface area contributed by atoms with Gasteiger partial charge < -0.3 is 20.7 Å². The van der Waals surface area contributed by atoms with Crippen molar-refractivity contribution in [2.24, 2.45) is 5.73 Å². The number of anilines is 1. The third kappa shape index (κ3) is 2.81. The number of carbonyl (C=O) groups excluding carboxylic acids is 1. The number of carbonyl (C=O) groups is 1. The van der Waals surface area contributed by atoms with Gasteiger partial charge in [0.2, 0.25) is 5.91 Å². The number of benzene rings is 1. The van der Waals surface area contributed by atoms with E-state index >= 15 is 0 Å². The summed E-state index contributed by atoms with van der Waals surface area (Å²) in [6.07, 6.45) is 0. The van der Waals surface area contributed by atoms with Gasteiger partial charge in [0.1, 0.15) is 11.8 Å². The molecule has 3 N–H and O–H groups in total. The molecule has 1 fully saturated rings. The highest BCUT2D eigenvalue weighted by molar-refractivity contribution is 5.87. The van der Waals surface area contributed by atoms with Crippen molar-refractivity contribution in [3.05, 3.63) is 24.3 Å². The molecule has 1 atom stereocenters. The highest BCUT2D eigenvalue weighted by Crippen LogP contribution is 2.25. The minimum atomic E-state index is -0.318. The van der Waals surface area contributed by atoms with Gasteiger partial charge in [0.25, 0.3) is 0 Å². The lowest BCUT2D eigenvalue weighted by Gasteiger charge is -2.44. The largest absolute Gasteiger partial charge is 0.497 e. The average Bonchev–Trinajstić information content (AvgIpc) is 2.37. The van der Waals surface area contributed by atoms with E-state index in [-0.39, 0.29) is 17.5 Å². The van der Waals surface area contributed by atoms with E-state index in [0.717, 1.165) is 18.0 Å². The van der Waals surface area contributed by atoms with E-state index in [2.05, 4.69) is 10.2 Å². The summed E-state index contributed by atoms with van der Waals surface area (Å²) in [6, 6.07) is 7.37. The predicted octanol–water partition coefficient (Wildman–Crippen LogP) is 0.737. The van der Waals surface area contributed by atoms with Gasteiger partial charge in [0.15, 0.2) is 0 Å². The summed E-state index contributed by atoms with van der Waals surface area (Å²) in [5.74, 6) is 0.781. The molecule has 1 aromatic carbocycles. The zero-order valence-electron chi connectivity index (χ0n) is 11.6. The van der Waals surface area contributed by atoms with Gasteiger partial charge in [-0.1, -0.05) is 0 Å². The Kier molecular flexibility index (Phi) is 3.66. The molecule has 1 heterocycles. The first-order chi connectivity index (χ1) is 8.96. The Morgan fingerprint density at radius 1 is 1.42 bits per heavy atom. The summed E-state index contributed by atoms with van der Waals surface area (Å²) in [4.78, 5) is 14.1. The molecule has 0 radical (unpaired) electrons. The molecule has 0 aromatic heterocycles. The zero-order chi connectivity index (χ0) is 14.0. The zero-order valence-corrected chi connectivity index (χ0v) is 11.6. The lowest BCUT2D eigenvalue weighted by molar-refractivity contribution is -0.125. The molecule has 1 amide bonds. The highest BCUT2D eigenvalue weighted by atomic mass is 16.5. The summed E-state index contributed by atoms with van der Waals surface area (Å²) < 4.78 is 5.15. The minimum Gasteiger partial charge on any atom is -0.497 e. The second-order valence-electron chi connectivity index (χ2n) is 5.45. The Labute approximate surface area is 113 Å². The van der Waals surface area contributed by atoms with E-state index in [9.17, 15) is 4.79 Å². The van der Waals surface area contributed by atoms with Gasteiger partial charge in [0.05, 0.1) is 12.6 Å². The summed E-state index contributed by atoms with van der Waals surface area (Å²) in [5, 5.41) is 2.99. The molecule has 1 saturated heterocycles. The van der Waals surface area contributed by atoms with E-state index in [1.54, 1.807) is 7.11 Å². The van der Waals surface area contributed by atoms with E-state index in [0.29, 0.717) is 6.54 Å². The molecular formula is C14H21N3O2. The molecule has 0 spiro atoms. The summed E-state index contributed by atoms with van der Waals surface area (Å²) in [5.41, 5.74) is 6.46. The number of amides is 1. The minimum absolute atomic E-state index is 0.0189. The maximum Gasteiger partial charge on any atom is 0.244 e. The van der Waals surface area contributed by atoms with E-state index < -0.39 is 0 Å². The third-order valence-corrected chi connectivity index (χ3v) is 3.33. The van der Waals surface area contributed by atoms with Crippen LogP contribution in [0.2, 0.25) is 0 Å². The van der Waals surface area contributed by atoms with Gasteiger partial charge in [-0.25, -0.2) is 0 Å². The molecule has 104 valence electrons. The van der Waals surface area contributed by atoms with Gasteiger partial charge in [-0.15, -0.1) is 0 Å². The average molecular weight is 263 g/mol. The van der Waals surface area contributed by atoms with Gasteiger partial charge in [-0.05, 0) is 38.1 Å². The molecule has 1 unspecified atom stereocenters. The second kappa shape index (κ2) is 5.09. The molecule has 1 aliphatic rings. The van der Waals surface area contributed by atoms with Crippen molar-refractivity contribution in [1.82, 2.24) is 5.32 Å². The van der Waals surface area contributed by atoms with Crippen molar-refractivity contribution in [1.29, 1.82) is 0 Å². The fourth-order valence-electron chi connectivity index (χ4n) is 2.41. The number of rotatable bonds is 3. The van der Waals surface area contributed by atoms with Crippen LogP contribution in [0.15, 0.2) is 24.3 Å². The number of nitrogens with one attached hydrogen (secondary N) is 1. The molecule has 19 heavy (non-hydrogen) atoms. The molecular weight excluding hydrogens is 242 g/mol. The van der Waals surface area contributed by atoms with Crippen LogP contribution in [0, 0.1) is 0 Å². The quantitative estimate of drug-likeness (QED) is 0.844. The Morgan fingerprint density at radius 2 is 2.05 bits per heavy atom. The van der Waals surface area contributed by atoms with Crippen LogP contribution in [0.4, 0.5) is 5.69 Å². The normalized spacial score (nSPS) is 22.0. The molecule has 5 nitrogen and oxygen atoms in total. The molecule has 0 saturated carbocycles. The number of ether oxygens (including phenoxy) is 1. The van der Waals surface area contributed by atoms with Crippen molar-refractivity contribution in [2.75, 3.05) is 25.1 Å². The first-order valence-electron chi connectivity index (χ1n) is 6.39. The van der Waals surface area contributed by atoms with Crippen LogP contribution in [0.25, 0.3) is 0 Å². The maximum atomic E-state index is 12.1. The Morgan fingerprint density at radius 3 is 2.58 bits per heavy atom. The maximum absolute atomic E-state index is 12.1. The number of methoxy groups -OCH3 is 1. The molecule has 0 bridgehead atoms. The SMILES string of the molecule is COc1ccc(N2CC(C)(C)NC(=O)C2CN)cc1. The van der Waals surface area contributed by atoms with Crippen LogP contribution < -0.4 is 20.7 Å². The predicted molar refractivity (Wildman–Crippen MR) is 75.4 cm³/mol. The van der Waals surface area contributed by atoms with Gasteiger partial charge in [-0.2, -0.15) is 0 Å². The number of nitrogens with zero attached hydrogens (tertiary/aromatic N) is 1. The number of piperazine rings is 1. The summed E-state index contributed by atoms with van der Waals surface area (Å²) >= 11 is 0. The first-order valence-corrected chi connectivity index (χ1v) is 6.39. The standard InChI is InChI=1S/C14H21N3O2/c1-14(2)9-17(12(8-15)13(18)16-14)10-4-6-11(19-3)7-5-10/h4-7,12H,8-9,15H2,1-3H3,(H,16,18). The monoisotopic (exact) mass is 263 g/mol. The lowest BCUT2D eigenvalue weighted by Crippen LogP contribution is -2.66. The summed E-state index contributed by atoms with van der Waals surface area (Å²) in [6.45, 7) is 5.04. The van der Waals surface area contributed by atoms with Crippen molar-refractivity contribution in [3.8, 4) is 5.75 Å². The molecule has 5 heteroatoms.